The van der Waals surface area contributed by atoms with Crippen molar-refractivity contribution in [2.45, 2.75) is 18.8 Å². The van der Waals surface area contributed by atoms with Gasteiger partial charge in [-0.25, -0.2) is 6.17 Å². The van der Waals surface area contributed by atoms with E-state index < -0.39 is 18.8 Å². The molecular formula is C5H9Cr2F3N2-2. The SMILES string of the molecule is C[N-]C(CC(F)(F)F)[N-]C.[Cr].[Cr]. The van der Waals surface area contributed by atoms with E-state index in [1.54, 1.807) is 0 Å². The van der Waals surface area contributed by atoms with Crippen LogP contribution in [0.3, 0.4) is 0 Å². The van der Waals surface area contributed by atoms with Gasteiger partial charge in [0.2, 0.25) is 0 Å². The van der Waals surface area contributed by atoms with Gasteiger partial charge in [0.25, 0.3) is 0 Å². The maximum Gasteiger partial charge on any atom is 0.386 e. The maximum absolute atomic E-state index is 11.6. The average molecular weight is 258 g/mol. The van der Waals surface area contributed by atoms with Crippen molar-refractivity contribution in [2.75, 3.05) is 14.1 Å². The molecule has 0 aromatic heterocycles. The van der Waals surface area contributed by atoms with E-state index in [2.05, 4.69) is 10.6 Å². The Hall–Kier alpha value is 0.775. The second-order valence-electron chi connectivity index (χ2n) is 1.82. The zero-order valence-electron chi connectivity index (χ0n) is 6.63. The van der Waals surface area contributed by atoms with Crippen molar-refractivity contribution in [3.05, 3.63) is 10.6 Å². The first-order chi connectivity index (χ1) is 4.49. The molecule has 7 heteroatoms. The van der Waals surface area contributed by atoms with E-state index in [4.69, 9.17) is 0 Å². The van der Waals surface area contributed by atoms with E-state index in [-0.39, 0.29) is 34.7 Å². The molecule has 0 amide bonds. The smallest absolute Gasteiger partial charge is 0.386 e. The Balaban J connectivity index is -0.000000405. The number of nitrogens with zero attached hydrogens (tertiary/aromatic N) is 2. The molecule has 0 unspecified atom stereocenters. The third kappa shape index (κ3) is 10.8. The monoisotopic (exact) mass is 258 g/mol. The minimum atomic E-state index is -4.16. The van der Waals surface area contributed by atoms with Crippen molar-refractivity contribution in [1.82, 2.24) is 0 Å². The molecule has 0 atom stereocenters. The van der Waals surface area contributed by atoms with Gasteiger partial charge in [0, 0.05) is 41.1 Å². The largest absolute Gasteiger partial charge is 0.680 e. The van der Waals surface area contributed by atoms with Crippen molar-refractivity contribution >= 4 is 0 Å². The van der Waals surface area contributed by atoms with Gasteiger partial charge >= 0.3 is 6.18 Å². The maximum atomic E-state index is 11.6. The fourth-order valence-electron chi connectivity index (χ4n) is 0.505. The van der Waals surface area contributed by atoms with Crippen LogP contribution in [0.2, 0.25) is 0 Å². The number of hydrogen-bond acceptors (Lipinski definition) is 0. The summed E-state index contributed by atoms with van der Waals surface area (Å²) in [5, 5.41) is 6.81. The van der Waals surface area contributed by atoms with E-state index in [0.717, 1.165) is 0 Å². The summed E-state index contributed by atoms with van der Waals surface area (Å²) in [6.07, 6.45) is -6.05. The first-order valence-corrected chi connectivity index (χ1v) is 2.74. The molecule has 0 radical (unpaired) electrons. The quantitative estimate of drug-likeness (QED) is 0.743. The molecule has 0 heterocycles. The molecule has 0 aliphatic rings. The van der Waals surface area contributed by atoms with Crippen molar-refractivity contribution < 1.29 is 47.9 Å². The van der Waals surface area contributed by atoms with Crippen LogP contribution in [0.5, 0.6) is 0 Å². The molecule has 74 valence electrons. The van der Waals surface area contributed by atoms with E-state index in [1.807, 2.05) is 0 Å². The van der Waals surface area contributed by atoms with Gasteiger partial charge in [0.15, 0.2) is 0 Å². The van der Waals surface area contributed by atoms with Gasteiger partial charge in [-0.15, -0.1) is 0 Å². The standard InChI is InChI=1S/C5H9F3N2.2Cr/c1-9-4(10-2)3-5(6,7)8;;/h4H,3H2,1-2H3;;/q-2;;. The van der Waals surface area contributed by atoms with Crippen molar-refractivity contribution in [3.8, 4) is 0 Å². The van der Waals surface area contributed by atoms with Gasteiger partial charge in [-0.2, -0.15) is 27.3 Å². The molecule has 0 rings (SSSR count). The number of halogens is 3. The summed E-state index contributed by atoms with van der Waals surface area (Å²) < 4.78 is 34.7. The third-order valence-electron chi connectivity index (χ3n) is 1.01. The van der Waals surface area contributed by atoms with Crippen LogP contribution < -0.4 is 0 Å². The summed E-state index contributed by atoms with van der Waals surface area (Å²) in [5.74, 6) is 0. The zero-order valence-corrected chi connectivity index (χ0v) is 9.18. The minimum Gasteiger partial charge on any atom is -0.680 e. The van der Waals surface area contributed by atoms with Crippen LogP contribution in [0.25, 0.3) is 10.6 Å². The Morgan fingerprint density at radius 2 is 1.42 bits per heavy atom. The Labute approximate surface area is 91.5 Å². The molecular weight excluding hydrogens is 249 g/mol. The van der Waals surface area contributed by atoms with E-state index in [1.165, 1.54) is 14.1 Å². The minimum absolute atomic E-state index is 0. The Morgan fingerprint density at radius 1 is 1.08 bits per heavy atom. The van der Waals surface area contributed by atoms with Crippen LogP contribution in [0.15, 0.2) is 0 Å². The summed E-state index contributed by atoms with van der Waals surface area (Å²) in [6.45, 7) is 0. The van der Waals surface area contributed by atoms with Gasteiger partial charge in [-0.3, -0.25) is 0 Å². The van der Waals surface area contributed by atoms with Gasteiger partial charge in [0.05, 0.1) is 0 Å². The van der Waals surface area contributed by atoms with E-state index in [0.29, 0.717) is 0 Å². The predicted molar refractivity (Wildman–Crippen MR) is 33.0 cm³/mol. The van der Waals surface area contributed by atoms with Crippen molar-refractivity contribution in [1.29, 1.82) is 0 Å². The summed E-state index contributed by atoms with van der Waals surface area (Å²) in [6, 6.07) is 0. The van der Waals surface area contributed by atoms with Gasteiger partial charge < -0.3 is 10.6 Å². The molecule has 0 N–H and O–H groups in total. The van der Waals surface area contributed by atoms with Crippen LogP contribution in [-0.2, 0) is 34.7 Å². The predicted octanol–water partition coefficient (Wildman–Crippen LogP) is 2.27. The van der Waals surface area contributed by atoms with Gasteiger partial charge in [-0.05, 0) is 0 Å². The Bertz CT molecular complexity index is 95.2. The second kappa shape index (κ2) is 8.38. The molecule has 0 fully saturated rings. The average Bonchev–Trinajstić information content (AvgIpc) is 1.81. The van der Waals surface area contributed by atoms with Crippen LogP contribution in [0, 0.1) is 0 Å². The molecule has 0 aliphatic carbocycles. The summed E-state index contributed by atoms with van der Waals surface area (Å²) in [5.41, 5.74) is 0. The number of alkyl halides is 3. The first-order valence-electron chi connectivity index (χ1n) is 2.74. The summed E-state index contributed by atoms with van der Waals surface area (Å²) >= 11 is 0. The molecule has 0 aromatic rings. The molecule has 2 nitrogen and oxygen atoms in total. The number of rotatable bonds is 3. The van der Waals surface area contributed by atoms with Crippen LogP contribution in [-0.4, -0.2) is 26.4 Å². The normalized spacial score (nSPS) is 10.5. The van der Waals surface area contributed by atoms with Crippen molar-refractivity contribution in [2.24, 2.45) is 0 Å². The second-order valence-corrected chi connectivity index (χ2v) is 1.82. The zero-order chi connectivity index (χ0) is 8.20. The molecule has 12 heavy (non-hydrogen) atoms. The summed E-state index contributed by atoms with van der Waals surface area (Å²) in [4.78, 5) is 0. The Morgan fingerprint density at radius 3 is 1.50 bits per heavy atom. The molecule has 0 aliphatic heterocycles. The van der Waals surface area contributed by atoms with E-state index in [9.17, 15) is 13.2 Å². The molecule has 0 aromatic carbocycles. The fourth-order valence-corrected chi connectivity index (χ4v) is 0.505. The van der Waals surface area contributed by atoms with Crippen LogP contribution in [0.1, 0.15) is 6.42 Å². The first kappa shape index (κ1) is 18.5. The Kier molecular flexibility index (Phi) is 12.9. The van der Waals surface area contributed by atoms with E-state index >= 15 is 0 Å². The molecule has 0 bridgehead atoms. The molecule has 0 saturated carbocycles. The topological polar surface area (TPSA) is 28.2 Å². The van der Waals surface area contributed by atoms with Gasteiger partial charge in [0.1, 0.15) is 0 Å². The van der Waals surface area contributed by atoms with Crippen molar-refractivity contribution in [3.63, 3.8) is 0 Å². The van der Waals surface area contributed by atoms with Crippen LogP contribution >= 0.6 is 0 Å². The number of hydrogen-bond donors (Lipinski definition) is 0. The fraction of sp³-hybridized carbons (Fsp3) is 1.00. The molecule has 0 spiro atoms. The van der Waals surface area contributed by atoms with Crippen LogP contribution in [0.4, 0.5) is 13.2 Å². The third-order valence-corrected chi connectivity index (χ3v) is 1.01. The van der Waals surface area contributed by atoms with Gasteiger partial charge in [-0.1, -0.05) is 0 Å². The molecule has 0 saturated heterocycles. The summed E-state index contributed by atoms with van der Waals surface area (Å²) in [7, 11) is 2.65.